The van der Waals surface area contributed by atoms with Gasteiger partial charge in [-0.2, -0.15) is 5.10 Å². The van der Waals surface area contributed by atoms with Crippen molar-refractivity contribution < 1.29 is 13.9 Å². The molecule has 1 unspecified atom stereocenters. The minimum Gasteiger partial charge on any atom is -0.496 e. The molecule has 0 aliphatic rings. The van der Waals surface area contributed by atoms with E-state index in [2.05, 4.69) is 26.3 Å². The Bertz CT molecular complexity index is 1300. The van der Waals surface area contributed by atoms with Gasteiger partial charge < -0.3 is 14.5 Å². The Kier molecular flexibility index (Phi) is 5.38. The van der Waals surface area contributed by atoms with E-state index in [4.69, 9.17) is 9.15 Å². The summed E-state index contributed by atoms with van der Waals surface area (Å²) in [6.07, 6.45) is 1.99. The van der Waals surface area contributed by atoms with Gasteiger partial charge in [0.2, 0.25) is 5.91 Å². The van der Waals surface area contributed by atoms with Gasteiger partial charge in [0, 0.05) is 28.7 Å². The van der Waals surface area contributed by atoms with Crippen molar-refractivity contribution in [1.82, 2.24) is 19.5 Å². The van der Waals surface area contributed by atoms with Crippen LogP contribution >= 0.6 is 15.9 Å². The van der Waals surface area contributed by atoms with Crippen LogP contribution in [0.3, 0.4) is 0 Å². The van der Waals surface area contributed by atoms with E-state index < -0.39 is 6.04 Å². The third-order valence-corrected chi connectivity index (χ3v) is 5.60. The number of benzene rings is 1. The lowest BCUT2D eigenvalue weighted by Crippen LogP contribution is -2.39. The number of nitrogens with zero attached hydrogens (tertiary/aromatic N) is 3. The molecule has 0 spiro atoms. The molecule has 1 aromatic carbocycles. The molecule has 3 heterocycles. The fourth-order valence-electron chi connectivity index (χ4n) is 3.66. The van der Waals surface area contributed by atoms with Gasteiger partial charge in [0.25, 0.3) is 5.56 Å². The Labute approximate surface area is 180 Å². The van der Waals surface area contributed by atoms with Crippen LogP contribution in [-0.4, -0.2) is 27.2 Å². The van der Waals surface area contributed by atoms with Crippen LogP contribution in [0.5, 0.6) is 5.75 Å². The second-order valence-electron chi connectivity index (χ2n) is 6.93. The van der Waals surface area contributed by atoms with Gasteiger partial charge in [-0.3, -0.25) is 14.0 Å². The lowest BCUT2D eigenvalue weighted by molar-refractivity contribution is -0.125. The van der Waals surface area contributed by atoms with E-state index >= 15 is 0 Å². The number of amides is 1. The van der Waals surface area contributed by atoms with Crippen molar-refractivity contribution in [3.63, 3.8) is 0 Å². The maximum atomic E-state index is 13.1. The fraction of sp³-hybridized carbons (Fsp3) is 0.286. The van der Waals surface area contributed by atoms with Crippen LogP contribution in [0.15, 0.2) is 50.3 Å². The van der Waals surface area contributed by atoms with Crippen molar-refractivity contribution in [2.24, 2.45) is 0 Å². The van der Waals surface area contributed by atoms with Gasteiger partial charge in [0.1, 0.15) is 23.1 Å². The van der Waals surface area contributed by atoms with Crippen molar-refractivity contribution in [3.05, 3.63) is 62.8 Å². The van der Waals surface area contributed by atoms with Gasteiger partial charge in [0.15, 0.2) is 5.58 Å². The normalized spacial score (nSPS) is 12.4. The molecule has 3 aromatic heterocycles. The zero-order chi connectivity index (χ0) is 21.4. The van der Waals surface area contributed by atoms with Crippen molar-refractivity contribution >= 4 is 38.5 Å². The van der Waals surface area contributed by atoms with Crippen LogP contribution < -0.4 is 15.6 Å². The van der Waals surface area contributed by atoms with Crippen LogP contribution in [-0.2, 0) is 11.3 Å². The standard InChI is InChI=1S/C21H21BrN4O4/c1-4-15(20(27)23-11-13-9-14(22)5-6-18(13)29-3)26-21(28)17-10-19-16(7-8-30-19)25(17)12(2)24-26/h5-10,15H,4,11H2,1-3H3,(H,23,27). The number of fused-ring (bicyclic) bond motifs is 3. The van der Waals surface area contributed by atoms with Crippen molar-refractivity contribution in [2.75, 3.05) is 7.11 Å². The molecule has 0 bridgehead atoms. The molecule has 4 aromatic rings. The first-order chi connectivity index (χ1) is 14.4. The number of carbonyl (C=O) groups excluding carboxylic acids is 1. The minimum atomic E-state index is -0.736. The number of hydrogen-bond donors (Lipinski definition) is 1. The summed E-state index contributed by atoms with van der Waals surface area (Å²) in [7, 11) is 1.58. The van der Waals surface area contributed by atoms with Crippen LogP contribution in [0.25, 0.3) is 16.6 Å². The summed E-state index contributed by atoms with van der Waals surface area (Å²) in [6, 6.07) is 8.32. The van der Waals surface area contributed by atoms with E-state index in [0.29, 0.717) is 29.1 Å². The Morgan fingerprint density at radius 3 is 2.83 bits per heavy atom. The van der Waals surface area contributed by atoms with Gasteiger partial charge >= 0.3 is 0 Å². The first-order valence-electron chi connectivity index (χ1n) is 9.52. The van der Waals surface area contributed by atoms with Gasteiger partial charge in [-0.05, 0) is 31.5 Å². The smallest absolute Gasteiger partial charge is 0.291 e. The summed E-state index contributed by atoms with van der Waals surface area (Å²) in [4.78, 5) is 26.1. The van der Waals surface area contributed by atoms with Gasteiger partial charge in [-0.25, -0.2) is 4.68 Å². The lowest BCUT2D eigenvalue weighted by atomic mass is 10.1. The molecule has 1 atom stereocenters. The molecule has 1 amide bonds. The van der Waals surface area contributed by atoms with E-state index in [-0.39, 0.29) is 18.0 Å². The summed E-state index contributed by atoms with van der Waals surface area (Å²) in [6.45, 7) is 3.92. The lowest BCUT2D eigenvalue weighted by Gasteiger charge is -2.18. The molecule has 9 heteroatoms. The number of aryl methyl sites for hydroxylation is 1. The summed E-state index contributed by atoms with van der Waals surface area (Å²) in [5.41, 5.74) is 2.30. The van der Waals surface area contributed by atoms with Gasteiger partial charge in [0.05, 0.1) is 18.9 Å². The molecule has 0 saturated heterocycles. The zero-order valence-corrected chi connectivity index (χ0v) is 18.4. The summed E-state index contributed by atoms with van der Waals surface area (Å²) in [5, 5.41) is 7.33. The van der Waals surface area contributed by atoms with Crippen LogP contribution in [0.4, 0.5) is 0 Å². The first-order valence-corrected chi connectivity index (χ1v) is 10.3. The number of nitrogens with one attached hydrogen (secondary N) is 1. The SMILES string of the molecule is CCC(C(=O)NCc1cc(Br)ccc1OC)n1nc(C)n2c(cc3occc32)c1=O. The Morgan fingerprint density at radius 1 is 1.30 bits per heavy atom. The van der Waals surface area contributed by atoms with Crippen molar-refractivity contribution in [2.45, 2.75) is 32.9 Å². The third kappa shape index (κ3) is 3.39. The maximum Gasteiger partial charge on any atom is 0.291 e. The predicted octanol–water partition coefficient (Wildman–Crippen LogP) is 3.59. The highest BCUT2D eigenvalue weighted by Gasteiger charge is 2.24. The fourth-order valence-corrected chi connectivity index (χ4v) is 4.07. The van der Waals surface area contributed by atoms with E-state index in [1.54, 1.807) is 36.8 Å². The molecule has 0 aliphatic heterocycles. The molecule has 8 nitrogen and oxygen atoms in total. The predicted molar refractivity (Wildman–Crippen MR) is 116 cm³/mol. The summed E-state index contributed by atoms with van der Waals surface area (Å²) in [5.74, 6) is 0.990. The van der Waals surface area contributed by atoms with Gasteiger partial charge in [-0.15, -0.1) is 0 Å². The second-order valence-corrected chi connectivity index (χ2v) is 7.85. The second kappa shape index (κ2) is 7.98. The number of methoxy groups -OCH3 is 1. The Hall–Kier alpha value is -3.07. The molecule has 0 fully saturated rings. The maximum absolute atomic E-state index is 13.1. The number of ether oxygens (including phenoxy) is 1. The average molecular weight is 473 g/mol. The first kappa shape index (κ1) is 20.2. The zero-order valence-electron chi connectivity index (χ0n) is 16.8. The highest BCUT2D eigenvalue weighted by Crippen LogP contribution is 2.24. The number of aromatic nitrogens is 3. The highest BCUT2D eigenvalue weighted by molar-refractivity contribution is 9.10. The summed E-state index contributed by atoms with van der Waals surface area (Å²) < 4.78 is 14.7. The molecule has 0 saturated carbocycles. The quantitative estimate of drug-likeness (QED) is 0.462. The monoisotopic (exact) mass is 472 g/mol. The molecular formula is C21H21BrN4O4. The van der Waals surface area contributed by atoms with Crippen LogP contribution in [0.1, 0.15) is 30.8 Å². The number of rotatable bonds is 6. The summed E-state index contributed by atoms with van der Waals surface area (Å²) >= 11 is 3.43. The van der Waals surface area contributed by atoms with Gasteiger partial charge in [-0.1, -0.05) is 22.9 Å². The number of hydrogen-bond acceptors (Lipinski definition) is 5. The Balaban J connectivity index is 1.66. The molecule has 30 heavy (non-hydrogen) atoms. The van der Waals surface area contributed by atoms with E-state index in [1.807, 2.05) is 25.1 Å². The topological polar surface area (TPSA) is 90.8 Å². The number of halogens is 1. The minimum absolute atomic E-state index is 0.270. The Morgan fingerprint density at radius 2 is 2.10 bits per heavy atom. The largest absolute Gasteiger partial charge is 0.496 e. The van der Waals surface area contributed by atoms with E-state index in [9.17, 15) is 9.59 Å². The third-order valence-electron chi connectivity index (χ3n) is 5.11. The van der Waals surface area contributed by atoms with Crippen molar-refractivity contribution in [1.29, 1.82) is 0 Å². The molecular weight excluding hydrogens is 452 g/mol. The van der Waals surface area contributed by atoms with E-state index in [0.717, 1.165) is 15.6 Å². The van der Waals surface area contributed by atoms with Crippen molar-refractivity contribution in [3.8, 4) is 5.75 Å². The molecule has 0 aliphatic carbocycles. The molecule has 4 rings (SSSR count). The highest BCUT2D eigenvalue weighted by atomic mass is 79.9. The van der Waals surface area contributed by atoms with E-state index in [1.165, 1.54) is 4.68 Å². The number of furan rings is 1. The molecule has 1 N–H and O–H groups in total. The number of carbonyl (C=O) groups is 1. The molecule has 0 radical (unpaired) electrons. The molecule has 156 valence electrons. The average Bonchev–Trinajstić information content (AvgIpc) is 3.32. The van der Waals surface area contributed by atoms with Crippen LogP contribution in [0, 0.1) is 6.92 Å². The van der Waals surface area contributed by atoms with Crippen LogP contribution in [0.2, 0.25) is 0 Å².